The van der Waals surface area contributed by atoms with Crippen LogP contribution < -0.4 is 5.32 Å². The Morgan fingerprint density at radius 1 is 1.27 bits per heavy atom. The Labute approximate surface area is 94.8 Å². The van der Waals surface area contributed by atoms with Gasteiger partial charge in [0, 0.05) is 18.5 Å². The van der Waals surface area contributed by atoms with Crippen LogP contribution in [0.25, 0.3) is 0 Å². The maximum absolute atomic E-state index is 6.10. The third-order valence-electron chi connectivity index (χ3n) is 3.89. The molecule has 1 saturated heterocycles. The lowest BCUT2D eigenvalue weighted by molar-refractivity contribution is -0.0395. The molecule has 0 amide bonds. The predicted molar refractivity (Wildman–Crippen MR) is 65.1 cm³/mol. The standard InChI is InChI=1S/C13H27NO/c1-6-13(7-2)9-14-8-11(15-10-13)12(3,4)5/h11,14H,6-10H2,1-5H3. The average Bonchev–Trinajstić information content (AvgIpc) is 2.39. The highest BCUT2D eigenvalue weighted by Crippen LogP contribution is 2.31. The number of hydrogen-bond donors (Lipinski definition) is 1. The molecule has 0 bridgehead atoms. The molecule has 1 atom stereocenters. The van der Waals surface area contributed by atoms with Crippen LogP contribution in [0.5, 0.6) is 0 Å². The quantitative estimate of drug-likeness (QED) is 0.761. The third kappa shape index (κ3) is 3.18. The largest absolute Gasteiger partial charge is 0.376 e. The first-order valence-electron chi connectivity index (χ1n) is 6.26. The Hall–Kier alpha value is -0.0800. The van der Waals surface area contributed by atoms with E-state index in [1.807, 2.05) is 0 Å². The summed E-state index contributed by atoms with van der Waals surface area (Å²) >= 11 is 0. The highest BCUT2D eigenvalue weighted by molar-refractivity contribution is 4.86. The predicted octanol–water partition coefficient (Wildman–Crippen LogP) is 2.83. The second kappa shape index (κ2) is 4.84. The molecule has 1 N–H and O–H groups in total. The van der Waals surface area contributed by atoms with E-state index in [1.165, 1.54) is 12.8 Å². The van der Waals surface area contributed by atoms with Gasteiger partial charge in [-0.25, -0.2) is 0 Å². The fourth-order valence-electron chi connectivity index (χ4n) is 2.12. The molecule has 1 heterocycles. The van der Waals surface area contributed by atoms with Gasteiger partial charge in [-0.2, -0.15) is 0 Å². The molecule has 0 aromatic carbocycles. The van der Waals surface area contributed by atoms with E-state index in [1.54, 1.807) is 0 Å². The minimum atomic E-state index is 0.241. The van der Waals surface area contributed by atoms with Crippen molar-refractivity contribution in [1.29, 1.82) is 0 Å². The zero-order valence-corrected chi connectivity index (χ0v) is 11.0. The van der Waals surface area contributed by atoms with Crippen LogP contribution in [0.1, 0.15) is 47.5 Å². The molecule has 0 aromatic rings. The first-order chi connectivity index (χ1) is 6.93. The molecule has 0 saturated carbocycles. The van der Waals surface area contributed by atoms with Crippen LogP contribution in [0, 0.1) is 10.8 Å². The molecule has 0 aromatic heterocycles. The highest BCUT2D eigenvalue weighted by Gasteiger charge is 2.34. The van der Waals surface area contributed by atoms with Crippen molar-refractivity contribution in [2.24, 2.45) is 10.8 Å². The van der Waals surface area contributed by atoms with Crippen molar-refractivity contribution >= 4 is 0 Å². The lowest BCUT2D eigenvalue weighted by Crippen LogP contribution is -2.37. The van der Waals surface area contributed by atoms with Crippen molar-refractivity contribution in [1.82, 2.24) is 5.32 Å². The number of nitrogens with one attached hydrogen (secondary N) is 1. The van der Waals surface area contributed by atoms with Crippen LogP contribution in [-0.4, -0.2) is 25.8 Å². The van der Waals surface area contributed by atoms with Crippen molar-refractivity contribution in [2.45, 2.75) is 53.6 Å². The van der Waals surface area contributed by atoms with Gasteiger partial charge in [0.05, 0.1) is 12.7 Å². The van der Waals surface area contributed by atoms with Gasteiger partial charge in [-0.3, -0.25) is 0 Å². The van der Waals surface area contributed by atoms with E-state index in [-0.39, 0.29) is 5.41 Å². The van der Waals surface area contributed by atoms with Gasteiger partial charge in [0.25, 0.3) is 0 Å². The molecule has 2 heteroatoms. The summed E-state index contributed by atoms with van der Waals surface area (Å²) in [5, 5.41) is 3.57. The van der Waals surface area contributed by atoms with Gasteiger partial charge in [-0.15, -0.1) is 0 Å². The number of ether oxygens (including phenoxy) is 1. The van der Waals surface area contributed by atoms with Crippen LogP contribution >= 0.6 is 0 Å². The van der Waals surface area contributed by atoms with Gasteiger partial charge in [0.15, 0.2) is 0 Å². The molecule has 90 valence electrons. The molecular formula is C13H27NO. The maximum atomic E-state index is 6.10. The van der Waals surface area contributed by atoms with Crippen molar-refractivity contribution in [2.75, 3.05) is 19.7 Å². The van der Waals surface area contributed by atoms with Crippen LogP contribution in [0.4, 0.5) is 0 Å². The Bertz CT molecular complexity index is 191. The van der Waals surface area contributed by atoms with Gasteiger partial charge in [0.1, 0.15) is 0 Å². The summed E-state index contributed by atoms with van der Waals surface area (Å²) in [5.74, 6) is 0. The second-order valence-corrected chi connectivity index (χ2v) is 6.00. The zero-order chi connectivity index (χ0) is 11.5. The summed E-state index contributed by atoms with van der Waals surface area (Å²) in [6.07, 6.45) is 2.75. The fourth-order valence-corrected chi connectivity index (χ4v) is 2.12. The van der Waals surface area contributed by atoms with E-state index in [0.717, 1.165) is 19.7 Å². The normalized spacial score (nSPS) is 27.4. The van der Waals surface area contributed by atoms with Crippen molar-refractivity contribution < 1.29 is 4.74 Å². The molecular weight excluding hydrogens is 186 g/mol. The van der Waals surface area contributed by atoms with E-state index >= 15 is 0 Å². The molecule has 1 rings (SSSR count). The van der Waals surface area contributed by atoms with Crippen LogP contribution in [-0.2, 0) is 4.74 Å². The van der Waals surface area contributed by atoms with Crippen molar-refractivity contribution in [3.8, 4) is 0 Å². The second-order valence-electron chi connectivity index (χ2n) is 6.00. The third-order valence-corrected chi connectivity index (χ3v) is 3.89. The Morgan fingerprint density at radius 2 is 1.87 bits per heavy atom. The highest BCUT2D eigenvalue weighted by atomic mass is 16.5. The fraction of sp³-hybridized carbons (Fsp3) is 1.00. The maximum Gasteiger partial charge on any atom is 0.0747 e. The minimum absolute atomic E-state index is 0.241. The van der Waals surface area contributed by atoms with E-state index in [0.29, 0.717) is 11.5 Å². The Balaban J connectivity index is 2.63. The zero-order valence-electron chi connectivity index (χ0n) is 11.0. The smallest absolute Gasteiger partial charge is 0.0747 e. The summed E-state index contributed by atoms with van der Waals surface area (Å²) in [6.45, 7) is 14.3. The number of hydrogen-bond acceptors (Lipinski definition) is 2. The van der Waals surface area contributed by atoms with E-state index in [9.17, 15) is 0 Å². The molecule has 15 heavy (non-hydrogen) atoms. The summed E-state index contributed by atoms with van der Waals surface area (Å²) in [6, 6.07) is 0. The average molecular weight is 213 g/mol. The van der Waals surface area contributed by atoms with E-state index in [2.05, 4.69) is 39.9 Å². The van der Waals surface area contributed by atoms with Crippen LogP contribution in [0.15, 0.2) is 0 Å². The first-order valence-corrected chi connectivity index (χ1v) is 6.26. The first kappa shape index (κ1) is 13.0. The summed E-state index contributed by atoms with van der Waals surface area (Å²) in [7, 11) is 0. The summed E-state index contributed by atoms with van der Waals surface area (Å²) in [5.41, 5.74) is 0.602. The van der Waals surface area contributed by atoms with Crippen LogP contribution in [0.3, 0.4) is 0 Å². The summed E-state index contributed by atoms with van der Waals surface area (Å²) < 4.78 is 6.10. The molecule has 1 unspecified atom stereocenters. The molecule has 0 aliphatic carbocycles. The molecule has 1 aliphatic heterocycles. The number of rotatable bonds is 2. The Morgan fingerprint density at radius 3 is 2.33 bits per heavy atom. The van der Waals surface area contributed by atoms with E-state index < -0.39 is 0 Å². The van der Waals surface area contributed by atoms with Gasteiger partial charge in [0.2, 0.25) is 0 Å². The molecule has 0 spiro atoms. The monoisotopic (exact) mass is 213 g/mol. The topological polar surface area (TPSA) is 21.3 Å². The lowest BCUT2D eigenvalue weighted by Gasteiger charge is -2.32. The van der Waals surface area contributed by atoms with E-state index in [4.69, 9.17) is 4.74 Å². The lowest BCUT2D eigenvalue weighted by atomic mass is 9.83. The molecule has 2 nitrogen and oxygen atoms in total. The molecule has 1 aliphatic rings. The van der Waals surface area contributed by atoms with Gasteiger partial charge >= 0.3 is 0 Å². The van der Waals surface area contributed by atoms with Gasteiger partial charge < -0.3 is 10.1 Å². The van der Waals surface area contributed by atoms with Crippen molar-refractivity contribution in [3.63, 3.8) is 0 Å². The van der Waals surface area contributed by atoms with Gasteiger partial charge in [-0.1, -0.05) is 34.6 Å². The minimum Gasteiger partial charge on any atom is -0.376 e. The summed E-state index contributed by atoms with van der Waals surface area (Å²) in [4.78, 5) is 0. The SMILES string of the molecule is CCC1(CC)CNCC(C(C)(C)C)OC1. The molecule has 0 radical (unpaired) electrons. The van der Waals surface area contributed by atoms with Gasteiger partial charge in [-0.05, 0) is 18.3 Å². The van der Waals surface area contributed by atoms with Crippen molar-refractivity contribution in [3.05, 3.63) is 0 Å². The molecule has 1 fully saturated rings. The Kier molecular flexibility index (Phi) is 4.19. The van der Waals surface area contributed by atoms with Crippen LogP contribution in [0.2, 0.25) is 0 Å².